The maximum Gasteiger partial charge on any atom is 0.243 e. The van der Waals surface area contributed by atoms with E-state index >= 15 is 0 Å². The van der Waals surface area contributed by atoms with Crippen LogP contribution in [0.2, 0.25) is 0 Å². The maximum atomic E-state index is 13.3. The van der Waals surface area contributed by atoms with Gasteiger partial charge < -0.3 is 5.32 Å². The zero-order valence-electron chi connectivity index (χ0n) is 17.7. The summed E-state index contributed by atoms with van der Waals surface area (Å²) in [5, 5.41) is 2.98. The van der Waals surface area contributed by atoms with E-state index in [1.807, 2.05) is 64.1 Å². The summed E-state index contributed by atoms with van der Waals surface area (Å²) in [5.74, 6) is -0.404. The Kier molecular flexibility index (Phi) is 6.44. The van der Waals surface area contributed by atoms with Crippen LogP contribution in [-0.2, 0) is 21.4 Å². The van der Waals surface area contributed by atoms with Gasteiger partial charge in [-0.2, -0.15) is 4.31 Å². The van der Waals surface area contributed by atoms with Gasteiger partial charge >= 0.3 is 0 Å². The number of rotatable bonds is 5. The fourth-order valence-corrected chi connectivity index (χ4v) is 6.17. The molecule has 1 atom stereocenters. The van der Waals surface area contributed by atoms with Crippen LogP contribution < -0.4 is 5.32 Å². The molecular formula is C23H30N2O3S. The van der Waals surface area contributed by atoms with Crippen molar-refractivity contribution in [1.29, 1.82) is 0 Å². The maximum absolute atomic E-state index is 13.3. The smallest absolute Gasteiger partial charge is 0.243 e. The summed E-state index contributed by atoms with van der Waals surface area (Å²) < 4.78 is 28.1. The Morgan fingerprint density at radius 1 is 1.07 bits per heavy atom. The first-order valence-corrected chi connectivity index (χ1v) is 11.5. The molecular weight excluding hydrogens is 384 g/mol. The highest BCUT2D eigenvalue weighted by Crippen LogP contribution is 2.29. The third kappa shape index (κ3) is 4.87. The Labute approximate surface area is 174 Å². The number of nitrogens with zero attached hydrogens (tertiary/aromatic N) is 1. The molecule has 1 heterocycles. The lowest BCUT2D eigenvalue weighted by Crippen LogP contribution is -2.45. The van der Waals surface area contributed by atoms with E-state index in [4.69, 9.17) is 0 Å². The van der Waals surface area contributed by atoms with Gasteiger partial charge in [-0.05, 0) is 57.2 Å². The largest absolute Gasteiger partial charge is 0.352 e. The number of hydrogen-bond acceptors (Lipinski definition) is 3. The van der Waals surface area contributed by atoms with Crippen molar-refractivity contribution in [2.45, 2.75) is 52.0 Å². The predicted molar refractivity (Wildman–Crippen MR) is 115 cm³/mol. The highest BCUT2D eigenvalue weighted by molar-refractivity contribution is 7.89. The van der Waals surface area contributed by atoms with Crippen LogP contribution >= 0.6 is 0 Å². The minimum absolute atomic E-state index is 0.0799. The first kappa shape index (κ1) is 21.5. The minimum atomic E-state index is -3.63. The second kappa shape index (κ2) is 8.67. The van der Waals surface area contributed by atoms with Crippen molar-refractivity contribution in [3.63, 3.8) is 0 Å². The molecule has 0 bridgehead atoms. The van der Waals surface area contributed by atoms with Gasteiger partial charge in [0, 0.05) is 19.6 Å². The Hall–Kier alpha value is -2.18. The van der Waals surface area contributed by atoms with Crippen LogP contribution in [0, 0.1) is 33.6 Å². The monoisotopic (exact) mass is 414 g/mol. The van der Waals surface area contributed by atoms with E-state index in [0.717, 1.165) is 27.8 Å². The number of amides is 1. The predicted octanol–water partition coefficient (Wildman–Crippen LogP) is 3.64. The van der Waals surface area contributed by atoms with Crippen LogP contribution in [0.3, 0.4) is 0 Å². The molecule has 6 heteroatoms. The Balaban J connectivity index is 1.72. The highest BCUT2D eigenvalue weighted by atomic mass is 32.2. The van der Waals surface area contributed by atoms with Crippen molar-refractivity contribution in [2.24, 2.45) is 5.92 Å². The molecule has 5 nitrogen and oxygen atoms in total. The van der Waals surface area contributed by atoms with Gasteiger partial charge in [-0.25, -0.2) is 8.42 Å². The van der Waals surface area contributed by atoms with Gasteiger partial charge in [0.1, 0.15) is 0 Å². The molecule has 1 fully saturated rings. The Bertz CT molecular complexity index is 992. The SMILES string of the molecule is Cc1cccc(CNC(=O)[C@@H]2CCCN(S(=O)(=O)c3c(C)cc(C)cc3C)C2)c1. The van der Waals surface area contributed by atoms with Crippen LogP contribution in [0.25, 0.3) is 0 Å². The molecule has 156 valence electrons. The Morgan fingerprint density at radius 2 is 1.76 bits per heavy atom. The fourth-order valence-electron chi connectivity index (χ4n) is 4.23. The van der Waals surface area contributed by atoms with Crippen molar-refractivity contribution < 1.29 is 13.2 Å². The molecule has 1 N–H and O–H groups in total. The van der Waals surface area contributed by atoms with Gasteiger partial charge in [-0.1, -0.05) is 47.5 Å². The minimum Gasteiger partial charge on any atom is -0.352 e. The summed E-state index contributed by atoms with van der Waals surface area (Å²) in [5.41, 5.74) is 4.76. The molecule has 2 aromatic rings. The molecule has 29 heavy (non-hydrogen) atoms. The number of aryl methyl sites for hydroxylation is 4. The average Bonchev–Trinajstić information content (AvgIpc) is 2.65. The number of hydrogen-bond donors (Lipinski definition) is 1. The van der Waals surface area contributed by atoms with Gasteiger partial charge in [0.15, 0.2) is 0 Å². The van der Waals surface area contributed by atoms with E-state index in [-0.39, 0.29) is 18.4 Å². The molecule has 0 saturated carbocycles. The molecule has 0 radical (unpaired) electrons. The van der Waals surface area contributed by atoms with Crippen molar-refractivity contribution in [2.75, 3.05) is 13.1 Å². The summed E-state index contributed by atoms with van der Waals surface area (Å²) in [4.78, 5) is 13.1. The molecule has 0 spiro atoms. The van der Waals surface area contributed by atoms with Gasteiger partial charge in [0.25, 0.3) is 0 Å². The molecule has 1 saturated heterocycles. The van der Waals surface area contributed by atoms with Crippen molar-refractivity contribution >= 4 is 15.9 Å². The molecule has 1 aliphatic rings. The summed E-state index contributed by atoms with van der Waals surface area (Å²) in [7, 11) is -3.63. The summed E-state index contributed by atoms with van der Waals surface area (Å²) in [6, 6.07) is 11.8. The molecule has 0 unspecified atom stereocenters. The average molecular weight is 415 g/mol. The summed E-state index contributed by atoms with van der Waals surface area (Å²) in [6.45, 7) is 8.80. The Morgan fingerprint density at radius 3 is 2.41 bits per heavy atom. The first-order valence-electron chi connectivity index (χ1n) is 10.1. The first-order chi connectivity index (χ1) is 13.7. The number of piperidine rings is 1. The second-order valence-electron chi connectivity index (χ2n) is 8.14. The number of nitrogens with one attached hydrogen (secondary N) is 1. The zero-order chi connectivity index (χ0) is 21.2. The third-order valence-electron chi connectivity index (χ3n) is 5.51. The van der Waals surface area contributed by atoms with E-state index in [1.54, 1.807) is 0 Å². The highest BCUT2D eigenvalue weighted by Gasteiger charge is 2.34. The van der Waals surface area contributed by atoms with Crippen molar-refractivity contribution in [1.82, 2.24) is 9.62 Å². The summed E-state index contributed by atoms with van der Waals surface area (Å²) >= 11 is 0. The topological polar surface area (TPSA) is 66.5 Å². The standard InChI is InChI=1S/C23H30N2O3S/c1-16-7-5-8-20(13-16)14-24-23(26)21-9-6-10-25(15-21)29(27,28)22-18(3)11-17(2)12-19(22)4/h5,7-8,11-13,21H,6,9-10,14-15H2,1-4H3,(H,24,26)/t21-/m1/s1. The van der Waals surface area contributed by atoms with Gasteiger partial charge in [-0.15, -0.1) is 0 Å². The molecule has 1 aliphatic heterocycles. The normalized spacial score (nSPS) is 17.9. The quantitative estimate of drug-likeness (QED) is 0.812. The van der Waals surface area contributed by atoms with Crippen LogP contribution in [0.1, 0.15) is 40.7 Å². The molecule has 1 amide bonds. The van der Waals surface area contributed by atoms with Gasteiger partial charge in [0.2, 0.25) is 15.9 Å². The van der Waals surface area contributed by atoms with Gasteiger partial charge in [-0.3, -0.25) is 4.79 Å². The zero-order valence-corrected chi connectivity index (χ0v) is 18.5. The van der Waals surface area contributed by atoms with Crippen LogP contribution in [0.5, 0.6) is 0 Å². The lowest BCUT2D eigenvalue weighted by molar-refractivity contribution is -0.126. The van der Waals surface area contributed by atoms with E-state index in [0.29, 0.717) is 30.8 Å². The molecule has 0 aliphatic carbocycles. The van der Waals surface area contributed by atoms with Gasteiger partial charge in [0.05, 0.1) is 10.8 Å². The van der Waals surface area contributed by atoms with E-state index in [9.17, 15) is 13.2 Å². The van der Waals surface area contributed by atoms with Crippen molar-refractivity contribution in [3.8, 4) is 0 Å². The van der Waals surface area contributed by atoms with Crippen LogP contribution in [0.15, 0.2) is 41.3 Å². The molecule has 0 aromatic heterocycles. The lowest BCUT2D eigenvalue weighted by atomic mass is 9.98. The van der Waals surface area contributed by atoms with E-state index < -0.39 is 10.0 Å². The lowest BCUT2D eigenvalue weighted by Gasteiger charge is -2.32. The number of carbonyl (C=O) groups excluding carboxylic acids is 1. The summed E-state index contributed by atoms with van der Waals surface area (Å²) in [6.07, 6.45) is 1.39. The second-order valence-corrected chi connectivity index (χ2v) is 10.0. The molecule has 2 aromatic carbocycles. The van der Waals surface area contributed by atoms with Crippen molar-refractivity contribution in [3.05, 3.63) is 64.2 Å². The van der Waals surface area contributed by atoms with Crippen LogP contribution in [-0.4, -0.2) is 31.7 Å². The number of sulfonamides is 1. The number of benzene rings is 2. The molecule has 3 rings (SSSR count). The fraction of sp³-hybridized carbons (Fsp3) is 0.435. The van der Waals surface area contributed by atoms with E-state index in [2.05, 4.69) is 5.32 Å². The van der Waals surface area contributed by atoms with E-state index in [1.165, 1.54) is 4.31 Å². The number of carbonyl (C=O) groups is 1. The van der Waals surface area contributed by atoms with Crippen LogP contribution in [0.4, 0.5) is 0 Å². The third-order valence-corrected chi connectivity index (χ3v) is 7.68.